The van der Waals surface area contributed by atoms with E-state index in [1.165, 1.54) is 0 Å². The maximum absolute atomic E-state index is 12.4. The number of aryl methyl sites for hydroxylation is 2. The number of hydrogen-bond acceptors (Lipinski definition) is 3. The van der Waals surface area contributed by atoms with Gasteiger partial charge in [0.15, 0.2) is 0 Å². The van der Waals surface area contributed by atoms with E-state index in [-0.39, 0.29) is 6.54 Å². The number of para-hydroxylation sites is 1. The summed E-state index contributed by atoms with van der Waals surface area (Å²) in [7, 11) is -1.97. The number of hydrogen-bond donors (Lipinski definition) is 1. The molecular formula is C16H19NO3S. The Kier molecular flexibility index (Phi) is 4.65. The Morgan fingerprint density at radius 3 is 2.52 bits per heavy atom. The number of methoxy groups -OCH3 is 1. The highest BCUT2D eigenvalue weighted by Gasteiger charge is 2.17. The zero-order valence-electron chi connectivity index (χ0n) is 12.4. The van der Waals surface area contributed by atoms with E-state index >= 15 is 0 Å². The summed E-state index contributed by atoms with van der Waals surface area (Å²) in [5.74, 6) is 0.668. The maximum atomic E-state index is 12.4. The van der Waals surface area contributed by atoms with Gasteiger partial charge in [0, 0.05) is 12.1 Å². The van der Waals surface area contributed by atoms with Crippen LogP contribution in [0.1, 0.15) is 16.7 Å². The fourth-order valence-electron chi connectivity index (χ4n) is 2.10. The minimum atomic E-state index is -3.54. The summed E-state index contributed by atoms with van der Waals surface area (Å²) in [5.41, 5.74) is 2.44. The number of benzene rings is 2. The van der Waals surface area contributed by atoms with Crippen molar-refractivity contribution in [2.75, 3.05) is 7.11 Å². The molecule has 0 aliphatic rings. The topological polar surface area (TPSA) is 55.4 Å². The van der Waals surface area contributed by atoms with Gasteiger partial charge in [0.2, 0.25) is 10.0 Å². The molecule has 0 saturated carbocycles. The van der Waals surface area contributed by atoms with E-state index < -0.39 is 10.0 Å². The summed E-state index contributed by atoms with van der Waals surface area (Å²) in [6.07, 6.45) is 0. The van der Waals surface area contributed by atoms with Gasteiger partial charge in [-0.25, -0.2) is 13.1 Å². The van der Waals surface area contributed by atoms with Crippen molar-refractivity contribution in [3.05, 3.63) is 59.2 Å². The zero-order valence-corrected chi connectivity index (χ0v) is 13.2. The van der Waals surface area contributed by atoms with Crippen molar-refractivity contribution in [2.45, 2.75) is 25.3 Å². The molecule has 0 amide bonds. The van der Waals surface area contributed by atoms with Crippen molar-refractivity contribution in [1.29, 1.82) is 0 Å². The Bertz CT molecular complexity index is 739. The maximum Gasteiger partial charge on any atom is 0.241 e. The predicted molar refractivity (Wildman–Crippen MR) is 82.9 cm³/mol. The second kappa shape index (κ2) is 6.28. The van der Waals surface area contributed by atoms with Gasteiger partial charge in [0.05, 0.1) is 12.0 Å². The molecular weight excluding hydrogens is 286 g/mol. The minimum absolute atomic E-state index is 0.194. The molecule has 5 heteroatoms. The number of nitrogens with one attached hydrogen (secondary N) is 1. The van der Waals surface area contributed by atoms with Gasteiger partial charge in [-0.2, -0.15) is 0 Å². The van der Waals surface area contributed by atoms with Gasteiger partial charge in [0.25, 0.3) is 0 Å². The molecule has 2 aromatic rings. The lowest BCUT2D eigenvalue weighted by Crippen LogP contribution is -2.24. The highest BCUT2D eigenvalue weighted by Crippen LogP contribution is 2.20. The fraction of sp³-hybridized carbons (Fsp3) is 0.250. The summed E-state index contributed by atoms with van der Waals surface area (Å²) < 4.78 is 32.7. The van der Waals surface area contributed by atoms with Crippen molar-refractivity contribution in [1.82, 2.24) is 4.72 Å². The van der Waals surface area contributed by atoms with E-state index in [9.17, 15) is 8.42 Å². The third-order valence-corrected chi connectivity index (χ3v) is 4.82. The smallest absolute Gasteiger partial charge is 0.241 e. The lowest BCUT2D eigenvalue weighted by Gasteiger charge is -2.12. The quantitative estimate of drug-likeness (QED) is 0.924. The van der Waals surface area contributed by atoms with Crippen LogP contribution in [0.2, 0.25) is 0 Å². The third kappa shape index (κ3) is 3.62. The molecule has 0 spiro atoms. The van der Waals surface area contributed by atoms with Crippen molar-refractivity contribution in [3.63, 3.8) is 0 Å². The van der Waals surface area contributed by atoms with Gasteiger partial charge in [-0.3, -0.25) is 0 Å². The molecule has 0 radical (unpaired) electrons. The highest BCUT2D eigenvalue weighted by molar-refractivity contribution is 7.89. The second-order valence-electron chi connectivity index (χ2n) is 4.91. The summed E-state index contributed by atoms with van der Waals surface area (Å²) in [6.45, 7) is 3.86. The lowest BCUT2D eigenvalue weighted by atomic mass is 10.2. The van der Waals surface area contributed by atoms with Crippen molar-refractivity contribution in [3.8, 4) is 5.75 Å². The van der Waals surface area contributed by atoms with Crippen LogP contribution in [0, 0.1) is 13.8 Å². The molecule has 0 aliphatic carbocycles. The molecule has 0 atom stereocenters. The van der Waals surface area contributed by atoms with E-state index in [4.69, 9.17) is 4.74 Å². The highest BCUT2D eigenvalue weighted by atomic mass is 32.2. The van der Waals surface area contributed by atoms with Gasteiger partial charge >= 0.3 is 0 Å². The monoisotopic (exact) mass is 305 g/mol. The molecule has 0 aromatic heterocycles. The Balaban J connectivity index is 2.24. The van der Waals surface area contributed by atoms with E-state index in [2.05, 4.69) is 4.72 Å². The Morgan fingerprint density at radius 1 is 1.10 bits per heavy atom. The van der Waals surface area contributed by atoms with Crippen molar-refractivity contribution < 1.29 is 13.2 Å². The largest absolute Gasteiger partial charge is 0.496 e. The molecule has 21 heavy (non-hydrogen) atoms. The van der Waals surface area contributed by atoms with E-state index in [1.54, 1.807) is 20.1 Å². The predicted octanol–water partition coefficient (Wildman–Crippen LogP) is 2.79. The molecule has 0 aliphatic heterocycles. The Morgan fingerprint density at radius 2 is 1.81 bits per heavy atom. The normalized spacial score (nSPS) is 11.4. The summed E-state index contributed by atoms with van der Waals surface area (Å²) in [4.78, 5) is 0.317. The molecule has 2 aromatic carbocycles. The summed E-state index contributed by atoms with van der Waals surface area (Å²) in [6, 6.07) is 12.7. The minimum Gasteiger partial charge on any atom is -0.496 e. The average molecular weight is 305 g/mol. The molecule has 0 bridgehead atoms. The number of sulfonamides is 1. The van der Waals surface area contributed by atoms with Gasteiger partial charge in [-0.15, -0.1) is 0 Å². The van der Waals surface area contributed by atoms with Crippen LogP contribution >= 0.6 is 0 Å². The van der Waals surface area contributed by atoms with Crippen LogP contribution in [-0.2, 0) is 16.6 Å². The van der Waals surface area contributed by atoms with E-state index in [0.29, 0.717) is 10.6 Å². The van der Waals surface area contributed by atoms with Crippen molar-refractivity contribution in [2.24, 2.45) is 0 Å². The molecule has 1 N–H and O–H groups in total. The number of rotatable bonds is 5. The van der Waals surface area contributed by atoms with E-state index in [0.717, 1.165) is 16.7 Å². The van der Waals surface area contributed by atoms with Gasteiger partial charge < -0.3 is 4.74 Å². The van der Waals surface area contributed by atoms with Gasteiger partial charge in [-0.1, -0.05) is 30.3 Å². The zero-order chi connectivity index (χ0) is 15.5. The van der Waals surface area contributed by atoms with E-state index in [1.807, 2.05) is 43.3 Å². The first kappa shape index (κ1) is 15.5. The molecule has 0 unspecified atom stereocenters. The van der Waals surface area contributed by atoms with Gasteiger partial charge in [0.1, 0.15) is 5.75 Å². The molecule has 0 saturated heterocycles. The average Bonchev–Trinajstić information content (AvgIpc) is 2.48. The first-order chi connectivity index (χ1) is 9.94. The Hall–Kier alpha value is -1.85. The van der Waals surface area contributed by atoms with Crippen LogP contribution in [0.3, 0.4) is 0 Å². The molecule has 4 nitrogen and oxygen atoms in total. The van der Waals surface area contributed by atoms with Crippen LogP contribution in [-0.4, -0.2) is 15.5 Å². The second-order valence-corrected chi connectivity index (χ2v) is 6.64. The Labute approximate surface area is 125 Å². The molecule has 112 valence electrons. The first-order valence-corrected chi connectivity index (χ1v) is 8.11. The van der Waals surface area contributed by atoms with Crippen LogP contribution in [0.25, 0.3) is 0 Å². The van der Waals surface area contributed by atoms with Crippen LogP contribution in [0.5, 0.6) is 5.75 Å². The fourth-order valence-corrected chi connectivity index (χ4v) is 3.43. The molecule has 2 rings (SSSR count). The van der Waals surface area contributed by atoms with Crippen molar-refractivity contribution >= 4 is 10.0 Å². The van der Waals surface area contributed by atoms with Gasteiger partial charge in [-0.05, 0) is 37.1 Å². The van der Waals surface area contributed by atoms with Crippen LogP contribution < -0.4 is 9.46 Å². The lowest BCUT2D eigenvalue weighted by molar-refractivity contribution is 0.409. The molecule has 0 fully saturated rings. The SMILES string of the molecule is COc1ccccc1CNS(=O)(=O)c1cc(C)ccc1C. The van der Waals surface area contributed by atoms with Crippen LogP contribution in [0.4, 0.5) is 0 Å². The standard InChI is InChI=1S/C16H19NO3S/c1-12-8-9-13(2)16(10-12)21(18,19)17-11-14-6-4-5-7-15(14)20-3/h4-10,17H,11H2,1-3H3. The first-order valence-electron chi connectivity index (χ1n) is 6.63. The summed E-state index contributed by atoms with van der Waals surface area (Å²) >= 11 is 0. The van der Waals surface area contributed by atoms with Crippen LogP contribution in [0.15, 0.2) is 47.4 Å². The third-order valence-electron chi connectivity index (χ3n) is 3.28. The molecule has 0 heterocycles. The summed E-state index contributed by atoms with van der Waals surface area (Å²) in [5, 5.41) is 0. The number of ether oxygens (including phenoxy) is 1.